The average molecular weight is 194 g/mol. The van der Waals surface area contributed by atoms with Crippen molar-refractivity contribution in [3.05, 3.63) is 0 Å². The quantitative estimate of drug-likeness (QED) is 0.455. The Hall–Kier alpha value is -0.995. The SMILES string of the molecule is [B]CCN1CCN(C(C)C)C(=O)C1=O. The summed E-state index contributed by atoms with van der Waals surface area (Å²) in [4.78, 5) is 26.2. The van der Waals surface area contributed by atoms with Crippen molar-refractivity contribution in [2.24, 2.45) is 0 Å². The molecule has 1 aliphatic heterocycles. The average Bonchev–Trinajstić information content (AvgIpc) is 2.13. The van der Waals surface area contributed by atoms with Gasteiger partial charge in [0.2, 0.25) is 0 Å². The van der Waals surface area contributed by atoms with Gasteiger partial charge in [-0.2, -0.15) is 0 Å². The van der Waals surface area contributed by atoms with Gasteiger partial charge in [-0.1, -0.05) is 6.32 Å². The van der Waals surface area contributed by atoms with Crippen molar-refractivity contribution in [2.75, 3.05) is 19.6 Å². The molecule has 14 heavy (non-hydrogen) atoms. The summed E-state index contributed by atoms with van der Waals surface area (Å²) in [5, 5.41) is 0. The molecule has 2 radical (unpaired) electrons. The van der Waals surface area contributed by atoms with Crippen molar-refractivity contribution in [3.8, 4) is 0 Å². The lowest BCUT2D eigenvalue weighted by molar-refractivity contribution is -0.157. The molecule has 0 aromatic rings. The molecule has 0 saturated carbocycles. The highest BCUT2D eigenvalue weighted by Crippen LogP contribution is 2.08. The zero-order chi connectivity index (χ0) is 10.7. The Morgan fingerprint density at radius 2 is 1.93 bits per heavy atom. The van der Waals surface area contributed by atoms with E-state index >= 15 is 0 Å². The Bertz CT molecular complexity index is 243. The first kappa shape index (κ1) is 11.1. The van der Waals surface area contributed by atoms with Gasteiger partial charge in [-0.3, -0.25) is 9.59 Å². The van der Waals surface area contributed by atoms with Crippen LogP contribution in [0.25, 0.3) is 0 Å². The minimum atomic E-state index is -0.421. The van der Waals surface area contributed by atoms with Crippen LogP contribution in [0.1, 0.15) is 13.8 Å². The summed E-state index contributed by atoms with van der Waals surface area (Å²) in [5.41, 5.74) is 0. The molecule has 1 saturated heterocycles. The van der Waals surface area contributed by atoms with Gasteiger partial charge >= 0.3 is 11.8 Å². The summed E-state index contributed by atoms with van der Waals surface area (Å²) >= 11 is 0. The second kappa shape index (κ2) is 4.48. The highest BCUT2D eigenvalue weighted by atomic mass is 16.2. The largest absolute Gasteiger partial charge is 0.333 e. The van der Waals surface area contributed by atoms with Crippen LogP contribution in [-0.4, -0.2) is 55.1 Å². The smallest absolute Gasteiger partial charge is 0.312 e. The van der Waals surface area contributed by atoms with Gasteiger partial charge in [-0.15, -0.1) is 0 Å². The third-order valence-corrected chi connectivity index (χ3v) is 2.36. The molecule has 0 atom stereocenters. The molecule has 0 spiro atoms. The Balaban J connectivity index is 2.65. The number of nitrogens with zero attached hydrogens (tertiary/aromatic N) is 2. The van der Waals surface area contributed by atoms with Crippen LogP contribution in [-0.2, 0) is 9.59 Å². The third-order valence-electron chi connectivity index (χ3n) is 2.36. The summed E-state index contributed by atoms with van der Waals surface area (Å²) in [6, 6.07) is 0.0893. The molecule has 1 rings (SSSR count). The van der Waals surface area contributed by atoms with E-state index in [0.717, 1.165) is 0 Å². The van der Waals surface area contributed by atoms with Crippen molar-refractivity contribution < 1.29 is 9.59 Å². The number of hydrogen-bond donors (Lipinski definition) is 0. The molecule has 0 aromatic carbocycles. The van der Waals surface area contributed by atoms with E-state index in [0.29, 0.717) is 26.0 Å². The van der Waals surface area contributed by atoms with Gasteiger partial charge < -0.3 is 9.80 Å². The fourth-order valence-corrected chi connectivity index (χ4v) is 1.55. The maximum Gasteiger partial charge on any atom is 0.312 e. The normalized spacial score (nSPS) is 18.2. The maximum absolute atomic E-state index is 11.5. The van der Waals surface area contributed by atoms with Crippen LogP contribution in [0.4, 0.5) is 0 Å². The van der Waals surface area contributed by atoms with Gasteiger partial charge in [0.15, 0.2) is 0 Å². The van der Waals surface area contributed by atoms with E-state index in [1.807, 2.05) is 13.8 Å². The summed E-state index contributed by atoms with van der Waals surface area (Å²) in [6.07, 6.45) is 0.403. The molecule has 4 nitrogen and oxygen atoms in total. The summed E-state index contributed by atoms with van der Waals surface area (Å²) in [6.45, 7) is 5.49. The number of piperazine rings is 1. The number of carbonyl (C=O) groups excluding carboxylic acids is 2. The van der Waals surface area contributed by atoms with Gasteiger partial charge in [0.25, 0.3) is 0 Å². The number of hydrogen-bond acceptors (Lipinski definition) is 2. The zero-order valence-corrected chi connectivity index (χ0v) is 8.69. The molecule has 0 bridgehead atoms. The number of amides is 2. The number of carbonyl (C=O) groups is 2. The van der Waals surface area contributed by atoms with Crippen LogP contribution in [0.5, 0.6) is 0 Å². The second-order valence-corrected chi connectivity index (χ2v) is 3.67. The Morgan fingerprint density at radius 1 is 1.29 bits per heavy atom. The fraction of sp³-hybridized carbons (Fsp3) is 0.778. The fourth-order valence-electron chi connectivity index (χ4n) is 1.55. The molecule has 2 amide bonds. The van der Waals surface area contributed by atoms with Gasteiger partial charge in [-0.05, 0) is 13.8 Å². The second-order valence-electron chi connectivity index (χ2n) is 3.67. The molecule has 0 aromatic heterocycles. The van der Waals surface area contributed by atoms with Crippen molar-refractivity contribution in [1.82, 2.24) is 9.80 Å². The highest BCUT2D eigenvalue weighted by molar-refractivity contribution is 6.35. The van der Waals surface area contributed by atoms with E-state index in [9.17, 15) is 9.59 Å². The van der Waals surface area contributed by atoms with Crippen molar-refractivity contribution >= 4 is 19.7 Å². The lowest BCUT2D eigenvalue weighted by Crippen LogP contribution is -2.56. The predicted molar refractivity (Wildman–Crippen MR) is 54.0 cm³/mol. The molecular weight excluding hydrogens is 179 g/mol. The van der Waals surface area contributed by atoms with Crippen molar-refractivity contribution in [1.29, 1.82) is 0 Å². The maximum atomic E-state index is 11.5. The van der Waals surface area contributed by atoms with Gasteiger partial charge in [-0.25, -0.2) is 0 Å². The van der Waals surface area contributed by atoms with E-state index in [4.69, 9.17) is 7.85 Å². The molecule has 0 N–H and O–H groups in total. The Kier molecular flexibility index (Phi) is 3.55. The summed E-state index contributed by atoms with van der Waals surface area (Å²) in [5.74, 6) is -0.824. The summed E-state index contributed by atoms with van der Waals surface area (Å²) < 4.78 is 0. The Morgan fingerprint density at radius 3 is 2.43 bits per heavy atom. The van der Waals surface area contributed by atoms with E-state index < -0.39 is 11.8 Å². The van der Waals surface area contributed by atoms with Crippen molar-refractivity contribution in [3.63, 3.8) is 0 Å². The van der Waals surface area contributed by atoms with Gasteiger partial charge in [0, 0.05) is 25.7 Å². The van der Waals surface area contributed by atoms with Crippen LogP contribution in [0.2, 0.25) is 6.32 Å². The molecule has 76 valence electrons. The van der Waals surface area contributed by atoms with Gasteiger partial charge in [0.1, 0.15) is 0 Å². The van der Waals surface area contributed by atoms with Crippen LogP contribution in [0, 0.1) is 0 Å². The van der Waals surface area contributed by atoms with Gasteiger partial charge in [0.05, 0.1) is 7.85 Å². The topological polar surface area (TPSA) is 40.6 Å². The molecule has 1 aliphatic rings. The van der Waals surface area contributed by atoms with Crippen LogP contribution >= 0.6 is 0 Å². The lowest BCUT2D eigenvalue weighted by Gasteiger charge is -2.35. The minimum absolute atomic E-state index is 0.0893. The van der Waals surface area contributed by atoms with Crippen molar-refractivity contribution in [2.45, 2.75) is 26.2 Å². The molecule has 5 heteroatoms. The first-order valence-electron chi connectivity index (χ1n) is 4.88. The van der Waals surface area contributed by atoms with Crippen LogP contribution < -0.4 is 0 Å². The summed E-state index contributed by atoms with van der Waals surface area (Å²) in [7, 11) is 5.34. The standard InChI is InChI=1S/C9H15BN2O2/c1-7(2)12-6-5-11(4-3-10)8(13)9(12)14/h7H,3-6H2,1-2H3. The monoisotopic (exact) mass is 194 g/mol. The number of rotatable bonds is 3. The molecule has 0 aliphatic carbocycles. The van der Waals surface area contributed by atoms with Crippen LogP contribution in [0.3, 0.4) is 0 Å². The van der Waals surface area contributed by atoms with E-state index in [-0.39, 0.29) is 6.04 Å². The van der Waals surface area contributed by atoms with Crippen LogP contribution in [0.15, 0.2) is 0 Å². The third kappa shape index (κ3) is 2.08. The molecule has 0 unspecified atom stereocenters. The highest BCUT2D eigenvalue weighted by Gasteiger charge is 2.32. The minimum Gasteiger partial charge on any atom is -0.333 e. The molecule has 1 heterocycles. The first-order chi connectivity index (χ1) is 6.57. The zero-order valence-electron chi connectivity index (χ0n) is 8.69. The van der Waals surface area contributed by atoms with E-state index in [1.54, 1.807) is 4.90 Å². The predicted octanol–water partition coefficient (Wildman–Crippen LogP) is -0.348. The lowest BCUT2D eigenvalue weighted by atomic mass is 10.0. The first-order valence-corrected chi connectivity index (χ1v) is 4.88. The Labute approximate surface area is 85.6 Å². The van der Waals surface area contributed by atoms with E-state index in [2.05, 4.69) is 0 Å². The molecule has 1 fully saturated rings. The van der Waals surface area contributed by atoms with E-state index in [1.165, 1.54) is 4.90 Å². The molecular formula is C9H15BN2O2.